The first kappa shape index (κ1) is 29.2. The van der Waals surface area contributed by atoms with Gasteiger partial charge in [0.25, 0.3) is 0 Å². The summed E-state index contributed by atoms with van der Waals surface area (Å²) in [6, 6.07) is 16.0. The van der Waals surface area contributed by atoms with Crippen molar-refractivity contribution >= 4 is 27.5 Å². The summed E-state index contributed by atoms with van der Waals surface area (Å²) in [5, 5.41) is 2.91. The standard InChI is InChI=1S/C27H39N3O5S/c1-5-6-18-28-27(32)22(2)29(20-17-23-12-8-7-9-13-23)26(31)16-11-19-30(36(4,33)34)24-14-10-15-25(21-24)35-3/h7-10,12-15,21-22H,5-6,11,16-20H2,1-4H3,(H,28,32)/t22-/m0/s1. The van der Waals surface area contributed by atoms with Crippen LogP contribution in [0.3, 0.4) is 0 Å². The van der Waals surface area contributed by atoms with Gasteiger partial charge in [0.1, 0.15) is 11.8 Å². The second-order valence-electron chi connectivity index (χ2n) is 8.78. The molecule has 1 atom stereocenters. The van der Waals surface area contributed by atoms with Gasteiger partial charge in [0.05, 0.1) is 19.1 Å². The van der Waals surface area contributed by atoms with Gasteiger partial charge < -0.3 is 15.0 Å². The topological polar surface area (TPSA) is 96.0 Å². The van der Waals surface area contributed by atoms with Crippen molar-refractivity contribution in [2.45, 2.75) is 52.0 Å². The number of nitrogens with one attached hydrogen (secondary N) is 1. The fourth-order valence-corrected chi connectivity index (χ4v) is 4.83. The Morgan fingerprint density at radius 3 is 2.39 bits per heavy atom. The summed E-state index contributed by atoms with van der Waals surface area (Å²) in [4.78, 5) is 27.6. The second-order valence-corrected chi connectivity index (χ2v) is 10.7. The minimum atomic E-state index is -3.56. The molecule has 1 N–H and O–H groups in total. The van der Waals surface area contributed by atoms with E-state index in [4.69, 9.17) is 4.74 Å². The molecule has 0 radical (unpaired) electrons. The summed E-state index contributed by atoms with van der Waals surface area (Å²) in [7, 11) is -2.04. The van der Waals surface area contributed by atoms with E-state index in [0.29, 0.717) is 37.4 Å². The molecular formula is C27H39N3O5S. The van der Waals surface area contributed by atoms with Gasteiger partial charge in [-0.2, -0.15) is 0 Å². The first-order chi connectivity index (χ1) is 17.2. The first-order valence-corrected chi connectivity index (χ1v) is 14.2. The van der Waals surface area contributed by atoms with Crippen LogP contribution in [-0.2, 0) is 26.0 Å². The van der Waals surface area contributed by atoms with E-state index in [1.807, 2.05) is 30.3 Å². The number of ether oxygens (including phenoxy) is 1. The molecule has 9 heteroatoms. The molecule has 2 rings (SSSR count). The molecule has 198 valence electrons. The van der Waals surface area contributed by atoms with Gasteiger partial charge in [-0.15, -0.1) is 0 Å². The highest BCUT2D eigenvalue weighted by Gasteiger charge is 2.26. The largest absolute Gasteiger partial charge is 0.497 e. The Morgan fingerprint density at radius 2 is 1.75 bits per heavy atom. The van der Waals surface area contributed by atoms with Gasteiger partial charge in [0.15, 0.2) is 0 Å². The van der Waals surface area contributed by atoms with Crippen molar-refractivity contribution in [3.63, 3.8) is 0 Å². The quantitative estimate of drug-likeness (QED) is 0.364. The molecule has 2 amide bonds. The molecule has 0 bridgehead atoms. The van der Waals surface area contributed by atoms with Crippen LogP contribution in [0.15, 0.2) is 54.6 Å². The van der Waals surface area contributed by atoms with E-state index < -0.39 is 16.1 Å². The van der Waals surface area contributed by atoms with Crippen LogP contribution < -0.4 is 14.4 Å². The zero-order valence-corrected chi connectivity index (χ0v) is 22.6. The molecule has 0 aliphatic carbocycles. The van der Waals surface area contributed by atoms with Gasteiger partial charge in [-0.1, -0.05) is 49.7 Å². The minimum Gasteiger partial charge on any atom is -0.497 e. The van der Waals surface area contributed by atoms with Crippen LogP contribution in [0, 0.1) is 0 Å². The number of unbranched alkanes of at least 4 members (excludes halogenated alkanes) is 1. The van der Waals surface area contributed by atoms with Crippen molar-refractivity contribution in [1.82, 2.24) is 10.2 Å². The molecule has 0 aromatic heterocycles. The van der Waals surface area contributed by atoms with Gasteiger partial charge >= 0.3 is 0 Å². The summed E-state index contributed by atoms with van der Waals surface area (Å²) < 4.78 is 31.4. The van der Waals surface area contributed by atoms with Crippen molar-refractivity contribution in [2.24, 2.45) is 0 Å². The van der Waals surface area contributed by atoms with Crippen molar-refractivity contribution < 1.29 is 22.7 Å². The van der Waals surface area contributed by atoms with Crippen molar-refractivity contribution in [1.29, 1.82) is 0 Å². The van der Waals surface area contributed by atoms with E-state index in [2.05, 4.69) is 12.2 Å². The van der Waals surface area contributed by atoms with Crippen LogP contribution in [0.25, 0.3) is 0 Å². The summed E-state index contributed by atoms with van der Waals surface area (Å²) in [6.07, 6.45) is 4.05. The fraction of sp³-hybridized carbons (Fsp3) is 0.481. The van der Waals surface area contributed by atoms with Crippen molar-refractivity contribution in [2.75, 3.05) is 37.3 Å². The average Bonchev–Trinajstić information content (AvgIpc) is 2.86. The molecule has 0 aliphatic rings. The third-order valence-corrected chi connectivity index (χ3v) is 7.17. The Bertz CT molecular complexity index is 1080. The highest BCUT2D eigenvalue weighted by Crippen LogP contribution is 2.23. The lowest BCUT2D eigenvalue weighted by Crippen LogP contribution is -2.49. The molecule has 8 nitrogen and oxygen atoms in total. The van der Waals surface area contributed by atoms with E-state index in [0.717, 1.165) is 24.7 Å². The SMILES string of the molecule is CCCCNC(=O)[C@H](C)N(CCc1ccccc1)C(=O)CCCN(c1cccc(OC)c1)S(C)(=O)=O. The Morgan fingerprint density at radius 1 is 1.03 bits per heavy atom. The van der Waals surface area contributed by atoms with Crippen molar-refractivity contribution in [3.05, 3.63) is 60.2 Å². The summed E-state index contributed by atoms with van der Waals surface area (Å²) in [6.45, 7) is 4.91. The zero-order valence-electron chi connectivity index (χ0n) is 21.8. The van der Waals surface area contributed by atoms with Crippen LogP contribution in [-0.4, -0.2) is 64.2 Å². The highest BCUT2D eigenvalue weighted by molar-refractivity contribution is 7.92. The highest BCUT2D eigenvalue weighted by atomic mass is 32.2. The van der Waals surface area contributed by atoms with Gasteiger partial charge in [0, 0.05) is 32.1 Å². The zero-order chi connectivity index (χ0) is 26.6. The van der Waals surface area contributed by atoms with E-state index >= 15 is 0 Å². The molecule has 0 aliphatic heterocycles. The molecular weight excluding hydrogens is 478 g/mol. The number of anilines is 1. The molecule has 0 unspecified atom stereocenters. The van der Waals surface area contributed by atoms with Crippen molar-refractivity contribution in [3.8, 4) is 5.75 Å². The van der Waals surface area contributed by atoms with Crippen LogP contribution in [0.4, 0.5) is 5.69 Å². The lowest BCUT2D eigenvalue weighted by Gasteiger charge is -2.29. The van der Waals surface area contributed by atoms with Gasteiger partial charge in [-0.05, 0) is 43.9 Å². The maximum Gasteiger partial charge on any atom is 0.242 e. The molecule has 0 saturated heterocycles. The predicted molar refractivity (Wildman–Crippen MR) is 144 cm³/mol. The third kappa shape index (κ3) is 9.18. The molecule has 36 heavy (non-hydrogen) atoms. The second kappa shape index (κ2) is 14.5. The number of amides is 2. The molecule has 0 heterocycles. The Labute approximate surface area is 215 Å². The maximum atomic E-state index is 13.3. The van der Waals surface area contributed by atoms with Gasteiger partial charge in [-0.3, -0.25) is 13.9 Å². The average molecular weight is 518 g/mol. The normalized spacial score (nSPS) is 12.0. The molecule has 0 saturated carbocycles. The van der Waals surface area contributed by atoms with E-state index in [1.165, 1.54) is 11.4 Å². The number of carbonyl (C=O) groups excluding carboxylic acids is 2. The lowest BCUT2D eigenvalue weighted by molar-refractivity contribution is -0.139. The summed E-state index contributed by atoms with van der Waals surface area (Å²) in [5.41, 5.74) is 1.56. The van der Waals surface area contributed by atoms with Crippen LogP contribution in [0.5, 0.6) is 5.75 Å². The Kier molecular flexibility index (Phi) is 11.7. The Hall–Kier alpha value is -3.07. The molecule has 2 aromatic carbocycles. The van der Waals surface area contributed by atoms with Gasteiger partial charge in [-0.25, -0.2) is 8.42 Å². The Balaban J connectivity index is 2.09. The molecule has 0 fully saturated rings. The smallest absolute Gasteiger partial charge is 0.242 e. The number of carbonyl (C=O) groups is 2. The number of hydrogen-bond acceptors (Lipinski definition) is 5. The van der Waals surface area contributed by atoms with Crippen LogP contribution in [0.1, 0.15) is 45.1 Å². The number of sulfonamides is 1. The van der Waals surface area contributed by atoms with E-state index in [9.17, 15) is 18.0 Å². The molecule has 0 spiro atoms. The predicted octanol–water partition coefficient (Wildman–Crippen LogP) is 3.62. The number of nitrogens with zero attached hydrogens (tertiary/aromatic N) is 2. The van der Waals surface area contributed by atoms with Crippen LogP contribution >= 0.6 is 0 Å². The van der Waals surface area contributed by atoms with Gasteiger partial charge in [0.2, 0.25) is 21.8 Å². The lowest BCUT2D eigenvalue weighted by atomic mass is 10.1. The number of rotatable bonds is 15. The number of methoxy groups -OCH3 is 1. The van der Waals surface area contributed by atoms with E-state index in [1.54, 1.807) is 36.1 Å². The number of benzene rings is 2. The first-order valence-electron chi connectivity index (χ1n) is 12.4. The minimum absolute atomic E-state index is 0.122. The monoisotopic (exact) mass is 517 g/mol. The summed E-state index contributed by atoms with van der Waals surface area (Å²) in [5.74, 6) is 0.189. The maximum absolute atomic E-state index is 13.3. The van der Waals surface area contributed by atoms with Crippen LogP contribution in [0.2, 0.25) is 0 Å². The number of hydrogen-bond donors (Lipinski definition) is 1. The third-order valence-electron chi connectivity index (χ3n) is 5.97. The molecule has 2 aromatic rings. The summed E-state index contributed by atoms with van der Waals surface area (Å²) >= 11 is 0. The fourth-order valence-electron chi connectivity index (χ4n) is 3.88. The van der Waals surface area contributed by atoms with E-state index in [-0.39, 0.29) is 24.8 Å².